The Labute approximate surface area is 94.8 Å². The predicted molar refractivity (Wildman–Crippen MR) is 64.5 cm³/mol. The van der Waals surface area contributed by atoms with Crippen LogP contribution in [0.3, 0.4) is 0 Å². The van der Waals surface area contributed by atoms with E-state index in [0.717, 1.165) is 23.7 Å². The molecule has 0 spiro atoms. The average molecular weight is 206 g/mol. The Bertz CT molecular complexity index is 278. The van der Waals surface area contributed by atoms with Gasteiger partial charge in [0.25, 0.3) is 0 Å². The molecule has 3 aliphatic rings. The molecule has 86 valence electrons. The van der Waals surface area contributed by atoms with Gasteiger partial charge in [0.15, 0.2) is 0 Å². The topological polar surface area (TPSA) is 0 Å². The van der Waals surface area contributed by atoms with Crippen LogP contribution in [0.4, 0.5) is 0 Å². The average Bonchev–Trinajstić information content (AvgIpc) is 2.38. The Morgan fingerprint density at radius 1 is 0.600 bits per heavy atom. The standard InChI is InChI=1S/C15H26/c1-13(2)7-8-14(3,4)10-9(13)11-12(10)15(11,5)6/h9-12H,7-8H2,1-6H3/t9-,10-,11-,12+/m1/s1. The minimum atomic E-state index is 0.620. The lowest BCUT2D eigenvalue weighted by atomic mass is 9.47. The van der Waals surface area contributed by atoms with E-state index in [1.165, 1.54) is 12.8 Å². The molecule has 0 aromatic heterocycles. The van der Waals surface area contributed by atoms with Crippen molar-refractivity contribution in [1.82, 2.24) is 0 Å². The van der Waals surface area contributed by atoms with Crippen LogP contribution in [0.1, 0.15) is 54.4 Å². The number of hydrogen-bond donors (Lipinski definition) is 0. The maximum absolute atomic E-state index is 2.52. The molecule has 3 aliphatic carbocycles. The third-order valence-electron chi connectivity index (χ3n) is 6.38. The Morgan fingerprint density at radius 2 is 0.933 bits per heavy atom. The van der Waals surface area contributed by atoms with E-state index < -0.39 is 0 Å². The summed E-state index contributed by atoms with van der Waals surface area (Å²) in [6.07, 6.45) is 2.89. The maximum Gasteiger partial charge on any atom is -0.0286 e. The van der Waals surface area contributed by atoms with Crippen molar-refractivity contribution < 1.29 is 0 Å². The smallest absolute Gasteiger partial charge is 0.0286 e. The Balaban J connectivity index is 1.96. The quantitative estimate of drug-likeness (QED) is 0.553. The molecule has 0 aromatic carbocycles. The van der Waals surface area contributed by atoms with Gasteiger partial charge < -0.3 is 0 Å². The van der Waals surface area contributed by atoms with Gasteiger partial charge in [-0.25, -0.2) is 0 Å². The first-order valence-electron chi connectivity index (χ1n) is 6.70. The highest BCUT2D eigenvalue weighted by Crippen LogP contribution is 2.83. The molecule has 0 nitrogen and oxygen atoms in total. The van der Waals surface area contributed by atoms with E-state index in [4.69, 9.17) is 0 Å². The van der Waals surface area contributed by atoms with Crippen LogP contribution >= 0.6 is 0 Å². The van der Waals surface area contributed by atoms with Crippen LogP contribution in [-0.2, 0) is 0 Å². The molecule has 0 amide bonds. The van der Waals surface area contributed by atoms with Crippen LogP contribution in [0.2, 0.25) is 0 Å². The van der Waals surface area contributed by atoms with Gasteiger partial charge in [0.2, 0.25) is 0 Å². The third-order valence-corrected chi connectivity index (χ3v) is 6.38. The molecule has 0 aliphatic heterocycles. The Hall–Kier alpha value is 0. The molecule has 0 heterocycles. The summed E-state index contributed by atoms with van der Waals surface area (Å²) in [7, 11) is 0. The molecule has 15 heavy (non-hydrogen) atoms. The van der Waals surface area contributed by atoms with Crippen molar-refractivity contribution >= 4 is 0 Å². The Kier molecular flexibility index (Phi) is 1.57. The fourth-order valence-corrected chi connectivity index (χ4v) is 5.31. The van der Waals surface area contributed by atoms with Crippen molar-refractivity contribution in [3.05, 3.63) is 0 Å². The lowest BCUT2D eigenvalue weighted by Crippen LogP contribution is -2.52. The van der Waals surface area contributed by atoms with Crippen molar-refractivity contribution in [1.29, 1.82) is 0 Å². The molecule has 3 saturated carbocycles. The number of rotatable bonds is 0. The van der Waals surface area contributed by atoms with Gasteiger partial charge in [-0.2, -0.15) is 0 Å². The minimum absolute atomic E-state index is 0.620. The van der Waals surface area contributed by atoms with Gasteiger partial charge in [-0.3, -0.25) is 0 Å². The molecule has 3 rings (SSSR count). The summed E-state index contributed by atoms with van der Waals surface area (Å²) in [5.41, 5.74) is 1.92. The molecular weight excluding hydrogens is 180 g/mol. The van der Waals surface area contributed by atoms with Crippen molar-refractivity contribution in [2.75, 3.05) is 0 Å². The van der Waals surface area contributed by atoms with E-state index in [9.17, 15) is 0 Å². The molecule has 0 bridgehead atoms. The van der Waals surface area contributed by atoms with Gasteiger partial charge in [-0.15, -0.1) is 0 Å². The van der Waals surface area contributed by atoms with Crippen LogP contribution < -0.4 is 0 Å². The largest absolute Gasteiger partial charge is 0.0596 e. The third kappa shape index (κ3) is 0.996. The van der Waals surface area contributed by atoms with Gasteiger partial charge >= 0.3 is 0 Å². The summed E-state index contributed by atoms with van der Waals surface area (Å²) in [5, 5.41) is 0. The lowest BCUT2D eigenvalue weighted by Gasteiger charge is -2.58. The highest BCUT2D eigenvalue weighted by atomic mass is 14.8. The zero-order valence-corrected chi connectivity index (χ0v) is 11.2. The van der Waals surface area contributed by atoms with E-state index in [0.29, 0.717) is 16.2 Å². The lowest BCUT2D eigenvalue weighted by molar-refractivity contribution is -0.0969. The first-order chi connectivity index (χ1) is 6.70. The van der Waals surface area contributed by atoms with Crippen molar-refractivity contribution in [2.45, 2.75) is 54.4 Å². The zero-order valence-electron chi connectivity index (χ0n) is 11.2. The summed E-state index contributed by atoms with van der Waals surface area (Å²) in [6.45, 7) is 15.1. The van der Waals surface area contributed by atoms with Crippen LogP contribution in [0.5, 0.6) is 0 Å². The molecule has 4 atom stereocenters. The second-order valence-corrected chi connectivity index (χ2v) is 8.40. The van der Waals surface area contributed by atoms with Gasteiger partial charge in [0, 0.05) is 0 Å². The summed E-state index contributed by atoms with van der Waals surface area (Å²) in [6, 6.07) is 0. The van der Waals surface area contributed by atoms with Gasteiger partial charge in [0.1, 0.15) is 0 Å². The van der Waals surface area contributed by atoms with Crippen molar-refractivity contribution in [3.63, 3.8) is 0 Å². The molecule has 0 aromatic rings. The zero-order chi connectivity index (χ0) is 11.2. The van der Waals surface area contributed by atoms with E-state index in [1.54, 1.807) is 0 Å². The molecule has 0 unspecified atom stereocenters. The summed E-state index contributed by atoms with van der Waals surface area (Å²) < 4.78 is 0. The monoisotopic (exact) mass is 206 g/mol. The van der Waals surface area contributed by atoms with Crippen molar-refractivity contribution in [2.24, 2.45) is 39.9 Å². The second-order valence-electron chi connectivity index (χ2n) is 8.40. The molecule has 0 N–H and O–H groups in total. The van der Waals surface area contributed by atoms with Crippen LogP contribution in [0.25, 0.3) is 0 Å². The van der Waals surface area contributed by atoms with E-state index in [1.807, 2.05) is 0 Å². The van der Waals surface area contributed by atoms with Crippen LogP contribution in [0.15, 0.2) is 0 Å². The van der Waals surface area contributed by atoms with Crippen LogP contribution in [-0.4, -0.2) is 0 Å². The normalized spacial score (nSPS) is 52.4. The Morgan fingerprint density at radius 3 is 1.27 bits per heavy atom. The SMILES string of the molecule is CC1(C)CCC(C)(C)[C@@H]2[C@@H]1[C@@H]1[C@H]2C1(C)C. The molecular formula is C15H26. The number of hydrogen-bond acceptors (Lipinski definition) is 0. The molecule has 3 fully saturated rings. The first-order valence-corrected chi connectivity index (χ1v) is 6.70. The van der Waals surface area contributed by atoms with Gasteiger partial charge in [0.05, 0.1) is 0 Å². The fraction of sp³-hybridized carbons (Fsp3) is 1.00. The highest BCUT2D eigenvalue weighted by molar-refractivity contribution is 5.26. The fourth-order valence-electron chi connectivity index (χ4n) is 5.31. The van der Waals surface area contributed by atoms with Gasteiger partial charge in [-0.1, -0.05) is 41.5 Å². The molecule has 0 heteroatoms. The van der Waals surface area contributed by atoms with Gasteiger partial charge in [-0.05, 0) is 52.8 Å². The molecule has 0 saturated heterocycles. The van der Waals surface area contributed by atoms with Crippen molar-refractivity contribution in [3.8, 4) is 0 Å². The highest BCUT2D eigenvalue weighted by Gasteiger charge is 2.79. The van der Waals surface area contributed by atoms with E-state index in [-0.39, 0.29) is 0 Å². The second kappa shape index (κ2) is 2.31. The summed E-state index contributed by atoms with van der Waals surface area (Å²) >= 11 is 0. The minimum Gasteiger partial charge on any atom is -0.0596 e. The van der Waals surface area contributed by atoms with E-state index >= 15 is 0 Å². The number of fused-ring (bicyclic) bond motifs is 4. The maximum atomic E-state index is 2.52. The molecule has 0 radical (unpaired) electrons. The first kappa shape index (κ1) is 10.2. The summed E-state index contributed by atoms with van der Waals surface area (Å²) in [4.78, 5) is 0. The van der Waals surface area contributed by atoms with E-state index in [2.05, 4.69) is 41.5 Å². The predicted octanol–water partition coefficient (Wildman–Crippen LogP) is 4.35. The summed E-state index contributed by atoms with van der Waals surface area (Å²) in [5.74, 6) is 4.19. The van der Waals surface area contributed by atoms with Crippen LogP contribution in [0, 0.1) is 39.9 Å².